The maximum absolute atomic E-state index is 11.2. The van der Waals surface area contributed by atoms with Gasteiger partial charge in [0.1, 0.15) is 0 Å². The minimum atomic E-state index is -0.728. The minimum Gasteiger partial charge on any atom is -0.481 e. The van der Waals surface area contributed by atoms with E-state index in [2.05, 4.69) is 20.8 Å². The van der Waals surface area contributed by atoms with Gasteiger partial charge in [-0.05, 0) is 49.9 Å². The van der Waals surface area contributed by atoms with E-state index in [0.717, 1.165) is 19.3 Å². The van der Waals surface area contributed by atoms with Gasteiger partial charge in [0.05, 0.1) is 6.42 Å². The SMILES string of the molecule is CC1CC(C)(C)CC(CC(=O)O)(C(C)(C)N)C1. The van der Waals surface area contributed by atoms with Crippen LogP contribution in [0.2, 0.25) is 0 Å². The number of hydrogen-bond donors (Lipinski definition) is 2. The Kier molecular flexibility index (Phi) is 3.64. The molecule has 0 amide bonds. The largest absolute Gasteiger partial charge is 0.481 e. The normalized spacial score (nSPS) is 33.4. The van der Waals surface area contributed by atoms with Crippen molar-refractivity contribution >= 4 is 5.97 Å². The Balaban J connectivity index is 3.09. The predicted molar refractivity (Wildman–Crippen MR) is 69.7 cm³/mol. The van der Waals surface area contributed by atoms with Gasteiger partial charge in [-0.3, -0.25) is 4.79 Å². The molecular weight excluding hydrogens is 214 g/mol. The second-order valence-electron chi connectivity index (χ2n) is 7.43. The van der Waals surface area contributed by atoms with Crippen LogP contribution in [0.1, 0.15) is 60.3 Å². The molecule has 1 saturated carbocycles. The van der Waals surface area contributed by atoms with Gasteiger partial charge in [-0.15, -0.1) is 0 Å². The highest BCUT2D eigenvalue weighted by Crippen LogP contribution is 2.54. The molecule has 1 aliphatic rings. The number of aliphatic carboxylic acids is 1. The number of carbonyl (C=O) groups is 1. The number of carboxylic acid groups (broad SMARTS) is 1. The Labute approximate surface area is 105 Å². The van der Waals surface area contributed by atoms with Gasteiger partial charge in [-0.1, -0.05) is 20.8 Å². The Morgan fingerprint density at radius 3 is 2.29 bits per heavy atom. The molecule has 0 spiro atoms. The van der Waals surface area contributed by atoms with E-state index in [1.807, 2.05) is 13.8 Å². The van der Waals surface area contributed by atoms with Crippen molar-refractivity contribution in [1.82, 2.24) is 0 Å². The Hall–Kier alpha value is -0.570. The lowest BCUT2D eigenvalue weighted by molar-refractivity contribution is -0.143. The molecule has 0 heterocycles. The second-order valence-corrected chi connectivity index (χ2v) is 7.43. The van der Waals surface area contributed by atoms with E-state index in [9.17, 15) is 9.90 Å². The predicted octanol–water partition coefficient (Wildman–Crippen LogP) is 3.03. The van der Waals surface area contributed by atoms with E-state index < -0.39 is 11.5 Å². The molecule has 1 fully saturated rings. The molecule has 2 unspecified atom stereocenters. The third-order valence-corrected chi connectivity index (χ3v) is 4.31. The molecule has 0 bridgehead atoms. The lowest BCUT2D eigenvalue weighted by Gasteiger charge is -2.53. The molecule has 0 aliphatic heterocycles. The zero-order valence-corrected chi connectivity index (χ0v) is 11.8. The summed E-state index contributed by atoms with van der Waals surface area (Å²) in [6.45, 7) is 10.6. The summed E-state index contributed by atoms with van der Waals surface area (Å²) in [7, 11) is 0. The average molecular weight is 241 g/mol. The molecular formula is C14H27NO2. The fraction of sp³-hybridized carbons (Fsp3) is 0.929. The first-order valence-electron chi connectivity index (χ1n) is 6.48. The minimum absolute atomic E-state index is 0.184. The van der Waals surface area contributed by atoms with Crippen LogP contribution < -0.4 is 5.73 Å². The summed E-state index contributed by atoms with van der Waals surface area (Å²) in [5.74, 6) is -0.186. The molecule has 0 saturated heterocycles. The summed E-state index contributed by atoms with van der Waals surface area (Å²) >= 11 is 0. The fourth-order valence-corrected chi connectivity index (χ4v) is 3.89. The van der Waals surface area contributed by atoms with Crippen molar-refractivity contribution in [2.75, 3.05) is 0 Å². The summed E-state index contributed by atoms with van der Waals surface area (Å²) in [4.78, 5) is 11.2. The smallest absolute Gasteiger partial charge is 0.303 e. The highest BCUT2D eigenvalue weighted by atomic mass is 16.4. The first-order chi connectivity index (χ1) is 7.47. The number of nitrogens with two attached hydrogens (primary N) is 1. The summed E-state index contributed by atoms with van der Waals surface area (Å²) in [5.41, 5.74) is 5.77. The topological polar surface area (TPSA) is 63.3 Å². The quantitative estimate of drug-likeness (QED) is 0.798. The van der Waals surface area contributed by atoms with Gasteiger partial charge in [0, 0.05) is 5.54 Å². The molecule has 0 radical (unpaired) electrons. The van der Waals surface area contributed by atoms with E-state index in [0.29, 0.717) is 5.92 Å². The van der Waals surface area contributed by atoms with E-state index >= 15 is 0 Å². The van der Waals surface area contributed by atoms with Gasteiger partial charge in [0.2, 0.25) is 0 Å². The lowest BCUT2D eigenvalue weighted by Crippen LogP contribution is -2.56. The van der Waals surface area contributed by atoms with Crippen LogP contribution in [0.15, 0.2) is 0 Å². The van der Waals surface area contributed by atoms with Crippen LogP contribution in [0.25, 0.3) is 0 Å². The van der Waals surface area contributed by atoms with E-state index in [-0.39, 0.29) is 17.3 Å². The van der Waals surface area contributed by atoms with Crippen LogP contribution >= 0.6 is 0 Å². The van der Waals surface area contributed by atoms with Crippen molar-refractivity contribution in [2.24, 2.45) is 22.5 Å². The average Bonchev–Trinajstić information content (AvgIpc) is 1.94. The first-order valence-corrected chi connectivity index (χ1v) is 6.48. The number of carboxylic acids is 1. The highest BCUT2D eigenvalue weighted by Gasteiger charge is 2.50. The van der Waals surface area contributed by atoms with E-state index in [4.69, 9.17) is 5.73 Å². The van der Waals surface area contributed by atoms with E-state index in [1.165, 1.54) is 0 Å². The fourth-order valence-electron chi connectivity index (χ4n) is 3.89. The van der Waals surface area contributed by atoms with Gasteiger partial charge in [0.25, 0.3) is 0 Å². The summed E-state index contributed by atoms with van der Waals surface area (Å²) in [6, 6.07) is 0. The van der Waals surface area contributed by atoms with Crippen LogP contribution in [0.4, 0.5) is 0 Å². The van der Waals surface area contributed by atoms with Gasteiger partial charge in [0.15, 0.2) is 0 Å². The van der Waals surface area contributed by atoms with Crippen LogP contribution in [0, 0.1) is 16.7 Å². The van der Waals surface area contributed by atoms with Crippen molar-refractivity contribution in [3.05, 3.63) is 0 Å². The van der Waals surface area contributed by atoms with Crippen LogP contribution in [0.5, 0.6) is 0 Å². The van der Waals surface area contributed by atoms with Crippen LogP contribution in [0.3, 0.4) is 0 Å². The third kappa shape index (κ3) is 3.21. The van der Waals surface area contributed by atoms with Crippen molar-refractivity contribution < 1.29 is 9.90 Å². The monoisotopic (exact) mass is 241 g/mol. The summed E-state index contributed by atoms with van der Waals surface area (Å²) in [6.07, 6.45) is 3.17. The zero-order valence-electron chi connectivity index (χ0n) is 11.8. The van der Waals surface area contributed by atoms with Crippen molar-refractivity contribution in [2.45, 2.75) is 65.8 Å². The molecule has 100 valence electrons. The van der Waals surface area contributed by atoms with Gasteiger partial charge in [-0.25, -0.2) is 0 Å². The third-order valence-electron chi connectivity index (χ3n) is 4.31. The Morgan fingerprint density at radius 2 is 1.94 bits per heavy atom. The standard InChI is InChI=1S/C14H27NO2/c1-10-6-12(2,3)9-14(7-10,8-11(16)17)13(4,5)15/h10H,6-9,15H2,1-5H3,(H,16,17). The molecule has 0 aromatic carbocycles. The first kappa shape index (κ1) is 14.5. The van der Waals surface area contributed by atoms with Crippen molar-refractivity contribution in [1.29, 1.82) is 0 Å². The molecule has 2 atom stereocenters. The molecule has 0 aromatic rings. The molecule has 1 aliphatic carbocycles. The maximum Gasteiger partial charge on any atom is 0.303 e. The van der Waals surface area contributed by atoms with Gasteiger partial charge in [-0.2, -0.15) is 0 Å². The van der Waals surface area contributed by atoms with Crippen molar-refractivity contribution in [3.63, 3.8) is 0 Å². The molecule has 3 heteroatoms. The molecule has 3 N–H and O–H groups in total. The number of rotatable bonds is 3. The number of hydrogen-bond acceptors (Lipinski definition) is 2. The van der Waals surface area contributed by atoms with Crippen LogP contribution in [-0.2, 0) is 4.79 Å². The van der Waals surface area contributed by atoms with Gasteiger partial charge < -0.3 is 10.8 Å². The summed E-state index contributed by atoms with van der Waals surface area (Å²) in [5, 5.41) is 9.20. The highest BCUT2D eigenvalue weighted by molar-refractivity contribution is 5.68. The molecule has 3 nitrogen and oxygen atoms in total. The lowest BCUT2D eigenvalue weighted by atomic mass is 9.53. The molecule has 0 aromatic heterocycles. The van der Waals surface area contributed by atoms with Crippen LogP contribution in [-0.4, -0.2) is 16.6 Å². The molecule has 1 rings (SSSR count). The Bertz CT molecular complexity index is 304. The zero-order chi connectivity index (χ0) is 13.5. The Morgan fingerprint density at radius 1 is 1.41 bits per heavy atom. The summed E-state index contributed by atoms with van der Waals surface area (Å²) < 4.78 is 0. The van der Waals surface area contributed by atoms with Crippen molar-refractivity contribution in [3.8, 4) is 0 Å². The van der Waals surface area contributed by atoms with E-state index in [1.54, 1.807) is 0 Å². The molecule has 17 heavy (non-hydrogen) atoms. The maximum atomic E-state index is 11.2. The van der Waals surface area contributed by atoms with Gasteiger partial charge >= 0.3 is 5.97 Å². The second kappa shape index (κ2) is 4.27.